The first-order valence-electron chi connectivity index (χ1n) is 31.0. The van der Waals surface area contributed by atoms with Crippen LogP contribution >= 0.6 is 23.1 Å². The first-order chi connectivity index (χ1) is 44.1. The maximum absolute atomic E-state index is 2.60. The van der Waals surface area contributed by atoms with Gasteiger partial charge >= 0.3 is 0 Å². The summed E-state index contributed by atoms with van der Waals surface area (Å²) in [6.45, 7) is 0. The van der Waals surface area contributed by atoms with E-state index in [-0.39, 0.29) is 5.25 Å². The van der Waals surface area contributed by atoms with Gasteiger partial charge in [-0.1, -0.05) is 231 Å². The van der Waals surface area contributed by atoms with Gasteiger partial charge in [-0.2, -0.15) is 0 Å². The van der Waals surface area contributed by atoms with E-state index in [1.807, 2.05) is 23.1 Å². The Morgan fingerprint density at radius 2 is 0.730 bits per heavy atom. The van der Waals surface area contributed by atoms with Crippen molar-refractivity contribution in [1.82, 2.24) is 9.13 Å². The van der Waals surface area contributed by atoms with E-state index in [2.05, 4.69) is 306 Å². The molecule has 0 N–H and O–H groups in total. The maximum atomic E-state index is 2.60. The summed E-state index contributed by atoms with van der Waals surface area (Å²) in [7, 11) is 0. The van der Waals surface area contributed by atoms with E-state index in [1.165, 1.54) is 179 Å². The molecule has 1 atom stereocenters. The highest BCUT2D eigenvalue weighted by molar-refractivity contribution is 8.08. The van der Waals surface area contributed by atoms with Crippen molar-refractivity contribution < 1.29 is 0 Å². The zero-order chi connectivity index (χ0) is 58.1. The number of para-hydroxylation sites is 2. The zero-order valence-electron chi connectivity index (χ0n) is 48.3. The minimum atomic E-state index is -0.477. The number of nitrogens with zero attached hydrogens (tertiary/aromatic N) is 2. The van der Waals surface area contributed by atoms with Crippen LogP contribution in [0.1, 0.15) is 45.1 Å². The average molecular weight is 1170 g/mol. The molecule has 2 aliphatic carbocycles. The second kappa shape index (κ2) is 18.8. The van der Waals surface area contributed by atoms with Crippen LogP contribution in [0.4, 0.5) is 0 Å². The lowest BCUT2D eigenvalue weighted by atomic mass is 9.70. The van der Waals surface area contributed by atoms with Gasteiger partial charge in [-0.05, 0) is 172 Å². The Bertz CT molecular complexity index is 5920. The van der Waals surface area contributed by atoms with Crippen molar-refractivity contribution in [2.45, 2.75) is 17.1 Å². The number of aromatic nitrogens is 2. The fourth-order valence-corrected chi connectivity index (χ4v) is 18.5. The molecule has 89 heavy (non-hydrogen) atoms. The van der Waals surface area contributed by atoms with Crippen molar-refractivity contribution in [3.63, 3.8) is 0 Å². The van der Waals surface area contributed by atoms with Gasteiger partial charge in [-0.25, -0.2) is 0 Å². The van der Waals surface area contributed by atoms with Gasteiger partial charge in [0.05, 0.1) is 38.9 Å². The predicted octanol–water partition coefficient (Wildman–Crippen LogP) is 23.5. The lowest BCUT2D eigenvalue weighted by Crippen LogP contribution is -2.26. The van der Waals surface area contributed by atoms with Crippen LogP contribution in [0.3, 0.4) is 0 Å². The summed E-state index contributed by atoms with van der Waals surface area (Å²) in [4.78, 5) is 3.88. The Morgan fingerprint density at radius 1 is 0.303 bits per heavy atom. The fourth-order valence-electron chi connectivity index (χ4n) is 16.2. The van der Waals surface area contributed by atoms with Gasteiger partial charge in [0.2, 0.25) is 0 Å². The molecular formula is C85H52N2S2. The Kier molecular flexibility index (Phi) is 10.5. The van der Waals surface area contributed by atoms with E-state index in [0.29, 0.717) is 0 Å². The quantitative estimate of drug-likeness (QED) is 0.151. The highest BCUT2D eigenvalue weighted by atomic mass is 32.2. The van der Waals surface area contributed by atoms with Gasteiger partial charge in [0.25, 0.3) is 0 Å². The average Bonchev–Trinajstić information content (AvgIpc) is 1.52. The van der Waals surface area contributed by atoms with Crippen LogP contribution in [0.5, 0.6) is 0 Å². The summed E-state index contributed by atoms with van der Waals surface area (Å²) in [5, 5.41) is 15.5. The molecule has 2 nitrogen and oxygen atoms in total. The fraction of sp³-hybridized carbons (Fsp3) is 0.0353. The standard InChI is InChI=1S/C85H52N2S2/c1-3-19-57-51(17-1)49-79(65-25-7-5-21-59(57)65)86-75-31-15-11-27-67(75)69-45-53(35-39-77(69)86)81-41-43-83(88-81)55-33-37-63-64-38-34-56(48-74(64)85(73(63)47-55)71-29-13-9-23-61(71)62-24-10-14-30-72(62)85)84-44-42-82(89-84)54-36-40-78-70(46-54)68-28-12-16-32-76(68)87(78)80-50-52-18-2-4-20-58(52)60-22-6-8-26-66(60)80/h1-43,45-50,84H,44H2. The number of thioether (sulfide) groups is 1. The second-order valence-electron chi connectivity index (χ2n) is 24.5. The molecule has 0 amide bonds. The summed E-state index contributed by atoms with van der Waals surface area (Å²) < 4.78 is 4.98. The molecule has 3 aromatic heterocycles. The molecule has 1 spiro atoms. The summed E-state index contributed by atoms with van der Waals surface area (Å²) >= 11 is 3.92. The molecule has 14 aromatic carbocycles. The molecule has 0 saturated carbocycles. The normalized spacial score (nSPS) is 14.7. The third-order valence-corrected chi connectivity index (χ3v) is 22.6. The largest absolute Gasteiger partial charge is 0.309 e. The van der Waals surface area contributed by atoms with Crippen molar-refractivity contribution >= 4 is 115 Å². The topological polar surface area (TPSA) is 9.86 Å². The molecule has 1 aliphatic heterocycles. The second-order valence-corrected chi connectivity index (χ2v) is 26.8. The van der Waals surface area contributed by atoms with E-state index < -0.39 is 5.41 Å². The smallest absolute Gasteiger partial charge is 0.0725 e. The number of hydrogen-bond acceptors (Lipinski definition) is 2. The number of benzene rings is 14. The molecule has 0 saturated heterocycles. The molecule has 3 aliphatic rings. The number of thiophene rings is 1. The van der Waals surface area contributed by atoms with Gasteiger partial charge in [0, 0.05) is 52.2 Å². The first kappa shape index (κ1) is 49.6. The monoisotopic (exact) mass is 1160 g/mol. The number of fused-ring (bicyclic) bond motifs is 22. The highest BCUT2D eigenvalue weighted by Crippen LogP contribution is 2.64. The lowest BCUT2D eigenvalue weighted by molar-refractivity contribution is 0.790. The first-order valence-corrected chi connectivity index (χ1v) is 32.7. The molecule has 17 aromatic rings. The van der Waals surface area contributed by atoms with Gasteiger partial charge in [-0.15, -0.1) is 23.1 Å². The van der Waals surface area contributed by atoms with E-state index >= 15 is 0 Å². The van der Waals surface area contributed by atoms with Gasteiger partial charge in [-0.3, -0.25) is 0 Å². The van der Waals surface area contributed by atoms with Crippen LogP contribution in [0.15, 0.2) is 297 Å². The van der Waals surface area contributed by atoms with Crippen molar-refractivity contribution in [2.75, 3.05) is 0 Å². The SMILES string of the molecule is C1=C(c2ccc3c(c2)c2ccccc2n3-c2cc3ccccc3c3ccccc23)SC(c2ccc3c(c2)C2(c4ccccc4-c4ccccc42)c2cc(-c4ccc(-c5ccc6c(c5)c5ccccc5n6-c5cc6ccccc6c6ccccc56)s4)ccc2-3)C1. The van der Waals surface area contributed by atoms with Crippen LogP contribution in [-0.4, -0.2) is 9.13 Å². The van der Waals surface area contributed by atoms with Crippen molar-refractivity contribution in [3.05, 3.63) is 331 Å². The highest BCUT2D eigenvalue weighted by Gasteiger charge is 2.52. The minimum Gasteiger partial charge on any atom is -0.309 e. The van der Waals surface area contributed by atoms with Crippen LogP contribution in [0.25, 0.3) is 146 Å². The van der Waals surface area contributed by atoms with Gasteiger partial charge in [0.1, 0.15) is 0 Å². The maximum Gasteiger partial charge on any atom is 0.0725 e. The Balaban J connectivity index is 0.666. The van der Waals surface area contributed by atoms with Gasteiger partial charge < -0.3 is 9.13 Å². The van der Waals surface area contributed by atoms with E-state index in [9.17, 15) is 0 Å². The summed E-state index contributed by atoms with van der Waals surface area (Å²) in [5.41, 5.74) is 22.8. The number of hydrogen-bond donors (Lipinski definition) is 0. The third kappa shape index (κ3) is 6.99. The van der Waals surface area contributed by atoms with Crippen LogP contribution in [-0.2, 0) is 5.41 Å². The molecular weight excluding hydrogens is 1110 g/mol. The van der Waals surface area contributed by atoms with E-state index in [4.69, 9.17) is 0 Å². The third-order valence-electron chi connectivity index (χ3n) is 20.1. The Labute approximate surface area is 522 Å². The molecule has 414 valence electrons. The van der Waals surface area contributed by atoms with E-state index in [1.54, 1.807) is 0 Å². The number of allylic oxidation sites excluding steroid dienone is 1. The predicted molar refractivity (Wildman–Crippen MR) is 380 cm³/mol. The van der Waals surface area contributed by atoms with E-state index in [0.717, 1.165) is 6.42 Å². The van der Waals surface area contributed by atoms with Crippen LogP contribution in [0.2, 0.25) is 0 Å². The van der Waals surface area contributed by atoms with Crippen molar-refractivity contribution in [1.29, 1.82) is 0 Å². The molecule has 4 heterocycles. The summed E-state index contributed by atoms with van der Waals surface area (Å²) in [6, 6.07) is 110. The lowest BCUT2D eigenvalue weighted by Gasteiger charge is -2.31. The summed E-state index contributed by atoms with van der Waals surface area (Å²) in [5.74, 6) is 0. The summed E-state index contributed by atoms with van der Waals surface area (Å²) in [6.07, 6.45) is 3.46. The van der Waals surface area contributed by atoms with Crippen molar-refractivity contribution in [2.24, 2.45) is 0 Å². The number of rotatable bonds is 6. The molecule has 20 rings (SSSR count). The Morgan fingerprint density at radius 3 is 1.33 bits per heavy atom. The molecule has 0 fully saturated rings. The molecule has 4 heteroatoms. The Hall–Kier alpha value is -10.5. The van der Waals surface area contributed by atoms with Gasteiger partial charge in [0.15, 0.2) is 0 Å². The molecule has 0 bridgehead atoms. The van der Waals surface area contributed by atoms with Crippen LogP contribution in [0, 0.1) is 0 Å². The molecule has 0 radical (unpaired) electrons. The van der Waals surface area contributed by atoms with Crippen LogP contribution < -0.4 is 0 Å². The molecule has 1 unspecified atom stereocenters. The van der Waals surface area contributed by atoms with Crippen molar-refractivity contribution in [3.8, 4) is 54.5 Å². The zero-order valence-corrected chi connectivity index (χ0v) is 49.9. The minimum absolute atomic E-state index is 0.276.